The fourth-order valence-corrected chi connectivity index (χ4v) is 3.63. The maximum atomic E-state index is 12.5. The van der Waals surface area contributed by atoms with Crippen LogP contribution in [-0.4, -0.2) is 17.6 Å². The number of aryl methyl sites for hydroxylation is 3. The summed E-state index contributed by atoms with van der Waals surface area (Å²) in [5, 5.41) is 0. The number of fused-ring (bicyclic) bond motifs is 1. The SMILES string of the molecule is Cc1ccc(S(=O)(=O)Nc2ccc3c(c2)n(C)c(=O)c(=O)n3C)cc1. The van der Waals surface area contributed by atoms with Crippen molar-refractivity contribution < 1.29 is 8.42 Å². The summed E-state index contributed by atoms with van der Waals surface area (Å²) in [5.74, 6) is 0. The summed E-state index contributed by atoms with van der Waals surface area (Å²) < 4.78 is 29.9. The van der Waals surface area contributed by atoms with Crippen LogP contribution in [-0.2, 0) is 24.1 Å². The van der Waals surface area contributed by atoms with Crippen molar-refractivity contribution in [1.82, 2.24) is 9.13 Å². The molecule has 8 heteroatoms. The molecule has 0 aliphatic carbocycles. The molecule has 1 heterocycles. The van der Waals surface area contributed by atoms with Crippen LogP contribution in [0.5, 0.6) is 0 Å². The van der Waals surface area contributed by atoms with Crippen molar-refractivity contribution in [2.24, 2.45) is 14.1 Å². The number of rotatable bonds is 3. The molecule has 7 nitrogen and oxygen atoms in total. The second kappa shape index (κ2) is 5.89. The van der Waals surface area contributed by atoms with Crippen molar-refractivity contribution in [3.8, 4) is 0 Å². The Morgan fingerprint density at radius 3 is 2.00 bits per heavy atom. The van der Waals surface area contributed by atoms with Crippen LogP contribution in [0.2, 0.25) is 0 Å². The minimum atomic E-state index is -3.75. The molecule has 0 atom stereocenters. The zero-order valence-corrected chi connectivity index (χ0v) is 14.8. The van der Waals surface area contributed by atoms with E-state index in [0.717, 1.165) is 5.56 Å². The molecule has 0 aliphatic rings. The van der Waals surface area contributed by atoms with Gasteiger partial charge in [0.1, 0.15) is 0 Å². The highest BCUT2D eigenvalue weighted by molar-refractivity contribution is 7.92. The van der Waals surface area contributed by atoms with Crippen LogP contribution >= 0.6 is 0 Å². The second-order valence-corrected chi connectivity index (χ2v) is 7.53. The Morgan fingerprint density at radius 2 is 1.40 bits per heavy atom. The lowest BCUT2D eigenvalue weighted by Gasteiger charge is -2.12. The molecule has 0 bridgehead atoms. The second-order valence-electron chi connectivity index (χ2n) is 5.85. The van der Waals surface area contributed by atoms with Crippen LogP contribution < -0.4 is 15.8 Å². The highest BCUT2D eigenvalue weighted by atomic mass is 32.2. The number of benzene rings is 2. The normalized spacial score (nSPS) is 11.6. The lowest BCUT2D eigenvalue weighted by molar-refractivity contribution is 0.601. The van der Waals surface area contributed by atoms with Gasteiger partial charge < -0.3 is 9.13 Å². The van der Waals surface area contributed by atoms with Crippen LogP contribution in [0.1, 0.15) is 5.56 Å². The van der Waals surface area contributed by atoms with Crippen LogP contribution in [0, 0.1) is 6.92 Å². The van der Waals surface area contributed by atoms with Crippen LogP contribution in [0.25, 0.3) is 11.0 Å². The zero-order valence-electron chi connectivity index (χ0n) is 14.0. The fraction of sp³-hybridized carbons (Fsp3) is 0.176. The Labute approximate surface area is 144 Å². The molecule has 1 N–H and O–H groups in total. The molecule has 1 aromatic heterocycles. The van der Waals surface area contributed by atoms with E-state index < -0.39 is 21.1 Å². The summed E-state index contributed by atoms with van der Waals surface area (Å²) in [7, 11) is -0.767. The Balaban J connectivity index is 2.10. The Bertz CT molecular complexity index is 1190. The van der Waals surface area contributed by atoms with E-state index in [-0.39, 0.29) is 4.90 Å². The van der Waals surface area contributed by atoms with E-state index >= 15 is 0 Å². The van der Waals surface area contributed by atoms with Gasteiger partial charge in [-0.3, -0.25) is 14.3 Å². The lowest BCUT2D eigenvalue weighted by atomic mass is 10.2. The standard InChI is InChI=1S/C17H17N3O4S/c1-11-4-7-13(8-5-11)25(23,24)18-12-6-9-14-15(10-12)20(3)17(22)16(21)19(14)2/h4-10,18H,1-3H3. The molecular weight excluding hydrogens is 342 g/mol. The summed E-state index contributed by atoms with van der Waals surface area (Å²) in [6.45, 7) is 1.87. The lowest BCUT2D eigenvalue weighted by Crippen LogP contribution is -2.39. The van der Waals surface area contributed by atoms with Crippen LogP contribution in [0.3, 0.4) is 0 Å². The molecule has 3 aromatic rings. The Kier molecular flexibility index (Phi) is 4.00. The van der Waals surface area contributed by atoms with Gasteiger partial charge in [-0.2, -0.15) is 0 Å². The van der Waals surface area contributed by atoms with Crippen LogP contribution in [0.4, 0.5) is 5.69 Å². The average Bonchev–Trinajstić information content (AvgIpc) is 2.58. The van der Waals surface area contributed by atoms with Crippen molar-refractivity contribution in [1.29, 1.82) is 0 Å². The quantitative estimate of drug-likeness (QED) is 0.715. The predicted molar refractivity (Wildman–Crippen MR) is 96.4 cm³/mol. The zero-order chi connectivity index (χ0) is 18.4. The van der Waals surface area contributed by atoms with Crippen molar-refractivity contribution in [2.45, 2.75) is 11.8 Å². The molecule has 2 aromatic carbocycles. The molecule has 0 amide bonds. The third-order valence-corrected chi connectivity index (χ3v) is 5.47. The van der Waals surface area contributed by atoms with Gasteiger partial charge in [0.05, 0.1) is 21.6 Å². The molecule has 0 radical (unpaired) electrons. The minimum Gasteiger partial charge on any atom is -0.305 e. The third kappa shape index (κ3) is 2.96. The summed E-state index contributed by atoms with van der Waals surface area (Å²) in [6, 6.07) is 11.2. The molecule has 0 aliphatic heterocycles. The molecule has 0 fully saturated rings. The monoisotopic (exact) mass is 359 g/mol. The van der Waals surface area contributed by atoms with Gasteiger partial charge in [-0.05, 0) is 37.3 Å². The summed E-state index contributed by atoms with van der Waals surface area (Å²) >= 11 is 0. The first-order valence-electron chi connectivity index (χ1n) is 7.50. The number of nitrogens with zero attached hydrogens (tertiary/aromatic N) is 2. The summed E-state index contributed by atoms with van der Waals surface area (Å²) in [4.78, 5) is 23.9. The third-order valence-electron chi connectivity index (χ3n) is 4.07. The molecule has 0 saturated carbocycles. The topological polar surface area (TPSA) is 90.2 Å². The Morgan fingerprint density at radius 1 is 0.840 bits per heavy atom. The maximum absolute atomic E-state index is 12.5. The van der Waals surface area contributed by atoms with E-state index in [0.29, 0.717) is 16.7 Å². The molecule has 0 unspecified atom stereocenters. The first-order valence-corrected chi connectivity index (χ1v) is 8.98. The Hall–Kier alpha value is -2.87. The molecule has 0 spiro atoms. The van der Waals surface area contributed by atoms with Crippen molar-refractivity contribution in [2.75, 3.05) is 4.72 Å². The number of sulfonamides is 1. The number of nitrogens with one attached hydrogen (secondary N) is 1. The predicted octanol–water partition coefficient (Wildman–Crippen LogP) is 1.35. The van der Waals surface area contributed by atoms with E-state index in [1.54, 1.807) is 24.3 Å². The molecule has 25 heavy (non-hydrogen) atoms. The van der Waals surface area contributed by atoms with Gasteiger partial charge in [-0.25, -0.2) is 8.42 Å². The number of hydrogen-bond donors (Lipinski definition) is 1. The average molecular weight is 359 g/mol. The molecule has 0 saturated heterocycles. The highest BCUT2D eigenvalue weighted by Crippen LogP contribution is 2.20. The van der Waals surface area contributed by atoms with Gasteiger partial charge in [0.2, 0.25) is 0 Å². The first-order chi connectivity index (χ1) is 11.7. The van der Waals surface area contributed by atoms with Gasteiger partial charge in [-0.1, -0.05) is 17.7 Å². The minimum absolute atomic E-state index is 0.146. The first kappa shape index (κ1) is 17.0. The van der Waals surface area contributed by atoms with Gasteiger partial charge in [0.25, 0.3) is 10.0 Å². The van der Waals surface area contributed by atoms with E-state index in [1.807, 2.05) is 6.92 Å². The largest absolute Gasteiger partial charge is 0.316 e. The highest BCUT2D eigenvalue weighted by Gasteiger charge is 2.15. The van der Waals surface area contributed by atoms with E-state index in [9.17, 15) is 18.0 Å². The van der Waals surface area contributed by atoms with E-state index in [2.05, 4.69) is 4.72 Å². The van der Waals surface area contributed by atoms with Crippen molar-refractivity contribution in [3.05, 3.63) is 68.7 Å². The number of anilines is 1. The van der Waals surface area contributed by atoms with Gasteiger partial charge in [0.15, 0.2) is 0 Å². The smallest absolute Gasteiger partial charge is 0.305 e. The van der Waals surface area contributed by atoms with Gasteiger partial charge in [-0.15, -0.1) is 0 Å². The molecular formula is C17H17N3O4S. The van der Waals surface area contributed by atoms with E-state index in [4.69, 9.17) is 0 Å². The van der Waals surface area contributed by atoms with Crippen molar-refractivity contribution >= 4 is 26.7 Å². The van der Waals surface area contributed by atoms with Crippen LogP contribution in [0.15, 0.2) is 56.9 Å². The van der Waals surface area contributed by atoms with Gasteiger partial charge in [0, 0.05) is 14.1 Å². The number of aromatic nitrogens is 2. The summed E-state index contributed by atoms with van der Waals surface area (Å²) in [5.41, 5.74) is 0.945. The maximum Gasteiger partial charge on any atom is 0.316 e. The summed E-state index contributed by atoms with van der Waals surface area (Å²) in [6.07, 6.45) is 0. The molecule has 130 valence electrons. The number of hydrogen-bond acceptors (Lipinski definition) is 4. The van der Waals surface area contributed by atoms with E-state index in [1.165, 1.54) is 41.4 Å². The fourth-order valence-electron chi connectivity index (χ4n) is 2.58. The molecule has 3 rings (SSSR count). The van der Waals surface area contributed by atoms with Gasteiger partial charge >= 0.3 is 11.1 Å². The van der Waals surface area contributed by atoms with Crippen molar-refractivity contribution in [3.63, 3.8) is 0 Å².